The van der Waals surface area contributed by atoms with Gasteiger partial charge in [0.2, 0.25) is 0 Å². The van der Waals surface area contributed by atoms with Crippen molar-refractivity contribution in [1.29, 1.82) is 0 Å². The Kier molecular flexibility index (Phi) is 4.73. The molecule has 1 saturated heterocycles. The van der Waals surface area contributed by atoms with Crippen molar-refractivity contribution in [3.8, 4) is 0 Å². The van der Waals surface area contributed by atoms with Gasteiger partial charge in [-0.1, -0.05) is 12.1 Å². The molecule has 1 aliphatic rings. The van der Waals surface area contributed by atoms with E-state index in [1.165, 1.54) is 12.8 Å². The number of aromatic nitrogens is 2. The van der Waals surface area contributed by atoms with Gasteiger partial charge in [-0.25, -0.2) is 9.97 Å². The van der Waals surface area contributed by atoms with Gasteiger partial charge in [-0.15, -0.1) is 0 Å². The fourth-order valence-electron chi connectivity index (χ4n) is 2.83. The number of para-hydroxylation sites is 2. The van der Waals surface area contributed by atoms with Gasteiger partial charge in [0.1, 0.15) is 0 Å². The van der Waals surface area contributed by atoms with Crippen LogP contribution in [0.2, 0.25) is 0 Å². The summed E-state index contributed by atoms with van der Waals surface area (Å²) in [6.45, 7) is 6.43. The van der Waals surface area contributed by atoms with Gasteiger partial charge in [0.25, 0.3) is 0 Å². The van der Waals surface area contributed by atoms with E-state index in [9.17, 15) is 0 Å². The summed E-state index contributed by atoms with van der Waals surface area (Å²) in [6.07, 6.45) is 2.47. The maximum absolute atomic E-state index is 5.48. The number of rotatable bonds is 6. The average Bonchev–Trinajstić information content (AvgIpc) is 3.08. The minimum atomic E-state index is 0.709. The molecule has 0 unspecified atom stereocenters. The van der Waals surface area contributed by atoms with Crippen LogP contribution in [0.3, 0.4) is 0 Å². The summed E-state index contributed by atoms with van der Waals surface area (Å²) in [5.74, 6) is 1.97. The van der Waals surface area contributed by atoms with Crippen LogP contribution in [-0.4, -0.2) is 49.9 Å². The molecule has 0 amide bonds. The lowest BCUT2D eigenvalue weighted by molar-refractivity contribution is 0.154. The Morgan fingerprint density at radius 2 is 1.82 bits per heavy atom. The second kappa shape index (κ2) is 6.92. The number of fused-ring (bicyclic) bond motifs is 1. The van der Waals surface area contributed by atoms with Crippen LogP contribution in [0.1, 0.15) is 19.8 Å². The molecule has 0 saturated carbocycles. The van der Waals surface area contributed by atoms with Crippen molar-refractivity contribution in [3.05, 3.63) is 24.3 Å². The molecule has 1 aromatic carbocycles. The Morgan fingerprint density at radius 3 is 2.50 bits per heavy atom. The highest BCUT2D eigenvalue weighted by atomic mass is 16.5. The summed E-state index contributed by atoms with van der Waals surface area (Å²) in [4.78, 5) is 14.3. The van der Waals surface area contributed by atoms with Crippen LogP contribution in [0.15, 0.2) is 24.3 Å². The maximum atomic E-state index is 5.48. The zero-order valence-electron chi connectivity index (χ0n) is 13.5. The second-order valence-corrected chi connectivity index (χ2v) is 5.67. The second-order valence-electron chi connectivity index (χ2n) is 5.67. The summed E-state index contributed by atoms with van der Waals surface area (Å²) in [6, 6.07) is 8.08. The molecule has 118 valence electrons. The van der Waals surface area contributed by atoms with E-state index >= 15 is 0 Å². The van der Waals surface area contributed by atoms with Crippen molar-refractivity contribution in [3.63, 3.8) is 0 Å². The zero-order chi connectivity index (χ0) is 15.4. The SMILES string of the molecule is CCOCCN(C)c1nc2ccccc2nc1N1CCCC1. The Morgan fingerprint density at radius 1 is 1.14 bits per heavy atom. The molecular weight excluding hydrogens is 276 g/mol. The molecular formula is C17H24N4O. The summed E-state index contributed by atoms with van der Waals surface area (Å²) in [7, 11) is 2.07. The average molecular weight is 300 g/mol. The van der Waals surface area contributed by atoms with Crippen LogP contribution in [0.25, 0.3) is 11.0 Å². The molecule has 2 heterocycles. The molecule has 0 spiro atoms. The Bertz CT molecular complexity index is 625. The van der Waals surface area contributed by atoms with E-state index < -0.39 is 0 Å². The summed E-state index contributed by atoms with van der Waals surface area (Å²) in [5, 5.41) is 0. The lowest BCUT2D eigenvalue weighted by atomic mass is 10.3. The van der Waals surface area contributed by atoms with Crippen LogP contribution in [0, 0.1) is 0 Å². The van der Waals surface area contributed by atoms with Crippen LogP contribution in [0.5, 0.6) is 0 Å². The number of anilines is 2. The number of ether oxygens (including phenoxy) is 1. The van der Waals surface area contributed by atoms with E-state index in [1.54, 1.807) is 0 Å². The molecule has 0 N–H and O–H groups in total. The zero-order valence-corrected chi connectivity index (χ0v) is 13.5. The summed E-state index contributed by atoms with van der Waals surface area (Å²) in [5.41, 5.74) is 1.91. The van der Waals surface area contributed by atoms with E-state index in [1.807, 2.05) is 31.2 Å². The molecule has 1 fully saturated rings. The first-order valence-corrected chi connectivity index (χ1v) is 8.10. The molecule has 0 atom stereocenters. The fourth-order valence-corrected chi connectivity index (χ4v) is 2.83. The molecule has 2 aromatic rings. The molecule has 3 rings (SSSR count). The topological polar surface area (TPSA) is 41.5 Å². The van der Waals surface area contributed by atoms with E-state index in [-0.39, 0.29) is 0 Å². The molecule has 22 heavy (non-hydrogen) atoms. The first-order chi connectivity index (χ1) is 10.8. The van der Waals surface area contributed by atoms with Crippen molar-refractivity contribution in [2.45, 2.75) is 19.8 Å². The van der Waals surface area contributed by atoms with E-state index in [0.717, 1.165) is 48.9 Å². The number of nitrogens with zero attached hydrogens (tertiary/aromatic N) is 4. The Labute approximate surface area is 131 Å². The first kappa shape index (κ1) is 15.0. The predicted octanol–water partition coefficient (Wildman–Crippen LogP) is 2.70. The highest BCUT2D eigenvalue weighted by molar-refractivity contribution is 5.80. The normalized spacial score (nSPS) is 14.7. The number of likely N-dealkylation sites (N-methyl/N-ethyl adjacent to an activating group) is 1. The van der Waals surface area contributed by atoms with Gasteiger partial charge in [-0.05, 0) is 31.9 Å². The highest BCUT2D eigenvalue weighted by Crippen LogP contribution is 2.29. The van der Waals surface area contributed by atoms with E-state index in [0.29, 0.717) is 6.61 Å². The third kappa shape index (κ3) is 3.14. The van der Waals surface area contributed by atoms with Crippen molar-refractivity contribution in [2.24, 2.45) is 0 Å². The summed E-state index contributed by atoms with van der Waals surface area (Å²) >= 11 is 0. The van der Waals surface area contributed by atoms with Gasteiger partial charge < -0.3 is 14.5 Å². The van der Waals surface area contributed by atoms with Crippen molar-refractivity contribution in [1.82, 2.24) is 9.97 Å². The number of hydrogen-bond acceptors (Lipinski definition) is 5. The third-order valence-corrected chi connectivity index (χ3v) is 4.08. The molecule has 0 radical (unpaired) electrons. The molecule has 5 nitrogen and oxygen atoms in total. The van der Waals surface area contributed by atoms with Crippen molar-refractivity contribution < 1.29 is 4.74 Å². The first-order valence-electron chi connectivity index (χ1n) is 8.10. The maximum Gasteiger partial charge on any atom is 0.172 e. The van der Waals surface area contributed by atoms with Crippen LogP contribution in [0.4, 0.5) is 11.6 Å². The molecule has 1 aromatic heterocycles. The minimum Gasteiger partial charge on any atom is -0.380 e. The third-order valence-electron chi connectivity index (χ3n) is 4.08. The van der Waals surface area contributed by atoms with Gasteiger partial charge >= 0.3 is 0 Å². The Hall–Kier alpha value is -1.88. The Balaban J connectivity index is 1.95. The fraction of sp³-hybridized carbons (Fsp3) is 0.529. The van der Waals surface area contributed by atoms with Gasteiger partial charge in [-0.3, -0.25) is 0 Å². The van der Waals surface area contributed by atoms with Crippen molar-refractivity contribution >= 4 is 22.7 Å². The molecule has 0 aliphatic carbocycles. The van der Waals surface area contributed by atoms with Gasteiger partial charge in [-0.2, -0.15) is 0 Å². The minimum absolute atomic E-state index is 0.709. The van der Waals surface area contributed by atoms with Crippen LogP contribution < -0.4 is 9.80 Å². The standard InChI is InChI=1S/C17H24N4O/c1-3-22-13-12-20(2)16-17(21-10-6-7-11-21)19-15-9-5-4-8-14(15)18-16/h4-5,8-9H,3,6-7,10-13H2,1-2H3. The van der Waals surface area contributed by atoms with Gasteiger partial charge in [0.15, 0.2) is 11.6 Å². The highest BCUT2D eigenvalue weighted by Gasteiger charge is 2.21. The summed E-state index contributed by atoms with van der Waals surface area (Å²) < 4.78 is 5.48. The van der Waals surface area contributed by atoms with Gasteiger partial charge in [0.05, 0.1) is 17.6 Å². The van der Waals surface area contributed by atoms with E-state index in [4.69, 9.17) is 14.7 Å². The molecule has 0 bridgehead atoms. The van der Waals surface area contributed by atoms with Crippen LogP contribution >= 0.6 is 0 Å². The van der Waals surface area contributed by atoms with Crippen LogP contribution in [-0.2, 0) is 4.74 Å². The number of benzene rings is 1. The molecule has 5 heteroatoms. The smallest absolute Gasteiger partial charge is 0.172 e. The predicted molar refractivity (Wildman–Crippen MR) is 90.7 cm³/mol. The quantitative estimate of drug-likeness (QED) is 0.767. The largest absolute Gasteiger partial charge is 0.380 e. The lowest BCUT2D eigenvalue weighted by Crippen LogP contribution is -2.28. The monoisotopic (exact) mass is 300 g/mol. The van der Waals surface area contributed by atoms with E-state index in [2.05, 4.69) is 16.8 Å². The van der Waals surface area contributed by atoms with Crippen molar-refractivity contribution in [2.75, 3.05) is 49.7 Å². The van der Waals surface area contributed by atoms with Gasteiger partial charge in [0, 0.05) is 33.3 Å². The lowest BCUT2D eigenvalue weighted by Gasteiger charge is -2.25. The molecule has 1 aliphatic heterocycles. The number of hydrogen-bond donors (Lipinski definition) is 0.